The molecule has 1 heterocycles. The molecule has 19 heavy (non-hydrogen) atoms. The molecule has 0 bridgehead atoms. The van der Waals surface area contributed by atoms with E-state index in [1.54, 1.807) is 11.8 Å². The lowest BCUT2D eigenvalue weighted by Crippen LogP contribution is -2.32. The maximum absolute atomic E-state index is 12.7. The van der Waals surface area contributed by atoms with E-state index in [1.165, 1.54) is 0 Å². The molecule has 104 valence electrons. The van der Waals surface area contributed by atoms with Crippen molar-refractivity contribution in [2.45, 2.75) is 36.8 Å². The number of thioether (sulfide) groups is 1. The van der Waals surface area contributed by atoms with E-state index in [-0.39, 0.29) is 11.7 Å². The van der Waals surface area contributed by atoms with E-state index in [0.29, 0.717) is 10.3 Å². The summed E-state index contributed by atoms with van der Waals surface area (Å²) in [6, 6.07) is 5.67. The first-order valence-corrected chi connectivity index (χ1v) is 8.05. The molecule has 1 fully saturated rings. The molecule has 0 radical (unpaired) electrons. The quantitative estimate of drug-likeness (QED) is 0.672. The average molecular weight is 298 g/mol. The van der Waals surface area contributed by atoms with Crippen LogP contribution in [0.2, 0.25) is 5.02 Å². The molecule has 1 saturated heterocycles. The van der Waals surface area contributed by atoms with Crippen LogP contribution in [0.5, 0.6) is 0 Å². The van der Waals surface area contributed by atoms with Crippen molar-refractivity contribution in [3.8, 4) is 0 Å². The third-order valence-electron chi connectivity index (χ3n) is 3.28. The van der Waals surface area contributed by atoms with Crippen LogP contribution in [-0.4, -0.2) is 24.1 Å². The number of carbonyl (C=O) groups is 1. The highest BCUT2D eigenvalue weighted by Gasteiger charge is 2.24. The van der Waals surface area contributed by atoms with Crippen molar-refractivity contribution in [3.63, 3.8) is 0 Å². The van der Waals surface area contributed by atoms with Gasteiger partial charge >= 0.3 is 0 Å². The molecule has 0 spiro atoms. The van der Waals surface area contributed by atoms with Gasteiger partial charge in [-0.1, -0.05) is 25.4 Å². The summed E-state index contributed by atoms with van der Waals surface area (Å²) in [5.74, 6) is 0.401. The maximum atomic E-state index is 12.7. The van der Waals surface area contributed by atoms with E-state index < -0.39 is 0 Å². The molecule has 0 atom stereocenters. The van der Waals surface area contributed by atoms with Gasteiger partial charge in [0.05, 0.1) is 0 Å². The van der Waals surface area contributed by atoms with Crippen molar-refractivity contribution >= 4 is 29.1 Å². The van der Waals surface area contributed by atoms with Crippen molar-refractivity contribution in [3.05, 3.63) is 28.8 Å². The molecule has 4 heteroatoms. The Bertz CT molecular complexity index is 455. The van der Waals surface area contributed by atoms with E-state index in [9.17, 15) is 4.79 Å². The summed E-state index contributed by atoms with van der Waals surface area (Å²) in [7, 11) is 0. The number of hydrogen-bond donors (Lipinski definition) is 1. The standard InChI is InChI=1S/C15H20ClNOS/c1-10(2)19-14-4-3-12(16)9-13(14)15(18)11-5-7-17-8-6-11/h3-4,9-11,17H,5-8H2,1-2H3. The third-order valence-corrected chi connectivity index (χ3v) is 4.60. The molecule has 1 aliphatic heterocycles. The van der Waals surface area contributed by atoms with Crippen molar-refractivity contribution < 1.29 is 4.79 Å². The van der Waals surface area contributed by atoms with Crippen molar-refractivity contribution in [2.24, 2.45) is 5.92 Å². The van der Waals surface area contributed by atoms with E-state index in [0.717, 1.165) is 36.4 Å². The Hall–Kier alpha value is -0.510. The highest BCUT2D eigenvalue weighted by Crippen LogP contribution is 2.31. The second-order valence-electron chi connectivity index (χ2n) is 5.20. The van der Waals surface area contributed by atoms with Crippen LogP contribution in [0.3, 0.4) is 0 Å². The van der Waals surface area contributed by atoms with Crippen LogP contribution < -0.4 is 5.32 Å². The van der Waals surface area contributed by atoms with Gasteiger partial charge in [-0.25, -0.2) is 0 Å². The largest absolute Gasteiger partial charge is 0.317 e. The molecule has 0 aliphatic carbocycles. The molecule has 1 aliphatic rings. The Morgan fingerprint density at radius 1 is 1.37 bits per heavy atom. The van der Waals surface area contributed by atoms with Gasteiger partial charge < -0.3 is 5.32 Å². The predicted octanol–water partition coefficient (Wildman–Crippen LogP) is 4.02. The molecule has 2 rings (SSSR count). The average Bonchev–Trinajstić information content (AvgIpc) is 2.40. The van der Waals surface area contributed by atoms with Crippen LogP contribution in [-0.2, 0) is 0 Å². The van der Waals surface area contributed by atoms with Gasteiger partial charge in [0.1, 0.15) is 0 Å². The summed E-state index contributed by atoms with van der Waals surface area (Å²) >= 11 is 7.79. The summed E-state index contributed by atoms with van der Waals surface area (Å²) in [6.07, 6.45) is 1.86. The van der Waals surface area contributed by atoms with E-state index in [4.69, 9.17) is 11.6 Å². The van der Waals surface area contributed by atoms with E-state index >= 15 is 0 Å². The number of carbonyl (C=O) groups excluding carboxylic acids is 1. The van der Waals surface area contributed by atoms with Gasteiger partial charge in [0.25, 0.3) is 0 Å². The Morgan fingerprint density at radius 3 is 2.68 bits per heavy atom. The molecular weight excluding hydrogens is 278 g/mol. The number of hydrogen-bond acceptors (Lipinski definition) is 3. The number of nitrogens with one attached hydrogen (secondary N) is 1. The van der Waals surface area contributed by atoms with Gasteiger partial charge in [-0.3, -0.25) is 4.79 Å². The highest BCUT2D eigenvalue weighted by molar-refractivity contribution is 8.00. The van der Waals surface area contributed by atoms with Gasteiger partial charge in [-0.15, -0.1) is 11.8 Å². The first kappa shape index (κ1) is 14.9. The Labute approximate surface area is 124 Å². The fourth-order valence-corrected chi connectivity index (χ4v) is 3.47. The summed E-state index contributed by atoms with van der Waals surface area (Å²) in [5.41, 5.74) is 0.804. The SMILES string of the molecule is CC(C)Sc1ccc(Cl)cc1C(=O)C1CCNCC1. The molecule has 0 amide bonds. The molecule has 1 N–H and O–H groups in total. The van der Waals surface area contributed by atoms with Gasteiger partial charge in [0.15, 0.2) is 5.78 Å². The second-order valence-corrected chi connectivity index (χ2v) is 7.25. The predicted molar refractivity (Wildman–Crippen MR) is 82.4 cm³/mol. The van der Waals surface area contributed by atoms with Gasteiger partial charge in [0, 0.05) is 26.6 Å². The topological polar surface area (TPSA) is 29.1 Å². The third kappa shape index (κ3) is 3.98. The van der Waals surface area contributed by atoms with Crippen LogP contribution in [0.4, 0.5) is 0 Å². The van der Waals surface area contributed by atoms with Crippen LogP contribution >= 0.6 is 23.4 Å². The van der Waals surface area contributed by atoms with E-state index in [2.05, 4.69) is 19.2 Å². The summed E-state index contributed by atoms with van der Waals surface area (Å²) in [6.45, 7) is 6.14. The smallest absolute Gasteiger partial charge is 0.167 e. The van der Waals surface area contributed by atoms with E-state index in [1.807, 2.05) is 18.2 Å². The Morgan fingerprint density at radius 2 is 2.05 bits per heavy atom. The van der Waals surface area contributed by atoms with Crippen LogP contribution in [0.15, 0.2) is 23.1 Å². The van der Waals surface area contributed by atoms with Gasteiger partial charge in [0.2, 0.25) is 0 Å². The molecule has 0 unspecified atom stereocenters. The number of halogens is 1. The van der Waals surface area contributed by atoms with Gasteiger partial charge in [-0.05, 0) is 44.1 Å². The summed E-state index contributed by atoms with van der Waals surface area (Å²) < 4.78 is 0. The second kappa shape index (κ2) is 6.78. The lowest BCUT2D eigenvalue weighted by atomic mass is 9.89. The molecule has 2 nitrogen and oxygen atoms in total. The minimum absolute atomic E-state index is 0.145. The summed E-state index contributed by atoms with van der Waals surface area (Å²) in [5, 5.41) is 4.40. The fraction of sp³-hybridized carbons (Fsp3) is 0.533. The number of Topliss-reactive ketones (excluding diaryl/α,β-unsaturated/α-hetero) is 1. The zero-order valence-electron chi connectivity index (χ0n) is 11.4. The summed E-state index contributed by atoms with van der Waals surface area (Å²) in [4.78, 5) is 13.7. The van der Waals surface area contributed by atoms with Crippen LogP contribution in [0.1, 0.15) is 37.0 Å². The Kier molecular flexibility index (Phi) is 5.31. The molecule has 0 aromatic heterocycles. The molecule has 0 saturated carbocycles. The Balaban J connectivity index is 2.25. The van der Waals surface area contributed by atoms with Gasteiger partial charge in [-0.2, -0.15) is 0 Å². The van der Waals surface area contributed by atoms with Crippen molar-refractivity contribution in [1.29, 1.82) is 0 Å². The molecule has 1 aromatic rings. The lowest BCUT2D eigenvalue weighted by Gasteiger charge is -2.22. The lowest BCUT2D eigenvalue weighted by molar-refractivity contribution is 0.0892. The zero-order chi connectivity index (χ0) is 13.8. The first-order valence-electron chi connectivity index (χ1n) is 6.79. The van der Waals surface area contributed by atoms with Crippen LogP contribution in [0.25, 0.3) is 0 Å². The van der Waals surface area contributed by atoms with Crippen molar-refractivity contribution in [2.75, 3.05) is 13.1 Å². The number of rotatable bonds is 4. The minimum atomic E-state index is 0.145. The monoisotopic (exact) mass is 297 g/mol. The normalized spacial score (nSPS) is 16.8. The fourth-order valence-electron chi connectivity index (χ4n) is 2.36. The molecule has 1 aromatic carbocycles. The zero-order valence-corrected chi connectivity index (χ0v) is 13.0. The first-order chi connectivity index (χ1) is 9.08. The van der Waals surface area contributed by atoms with Crippen molar-refractivity contribution in [1.82, 2.24) is 5.32 Å². The van der Waals surface area contributed by atoms with Crippen LogP contribution in [0, 0.1) is 5.92 Å². The minimum Gasteiger partial charge on any atom is -0.317 e. The molecular formula is C15H20ClNOS. The number of piperidine rings is 1. The highest BCUT2D eigenvalue weighted by atomic mass is 35.5. The number of benzene rings is 1. The number of ketones is 1. The maximum Gasteiger partial charge on any atom is 0.167 e.